The molecule has 2 heterocycles. The fraction of sp³-hybridized carbons (Fsp3) is 0.350. The van der Waals surface area contributed by atoms with Crippen LogP contribution in [0.4, 0.5) is 17.6 Å². The molecule has 0 radical (unpaired) electrons. The maximum Gasteiger partial charge on any atom is 0.416 e. The summed E-state index contributed by atoms with van der Waals surface area (Å²) in [4.78, 5) is 6.36. The van der Waals surface area contributed by atoms with Crippen LogP contribution < -0.4 is 5.32 Å². The third kappa shape index (κ3) is 3.88. The number of rotatable bonds is 3. The fourth-order valence-electron chi connectivity index (χ4n) is 3.70. The minimum absolute atomic E-state index is 0.0451. The predicted octanol–water partition coefficient (Wildman–Crippen LogP) is 3.88. The lowest BCUT2D eigenvalue weighted by molar-refractivity contribution is -0.137. The number of hydrogen-bond donors (Lipinski definition) is 1. The first kappa shape index (κ1) is 18.9. The van der Waals surface area contributed by atoms with E-state index in [1.54, 1.807) is 6.33 Å². The molecule has 0 saturated carbocycles. The number of alkyl halides is 3. The second-order valence-electron chi connectivity index (χ2n) is 7.19. The lowest BCUT2D eigenvalue weighted by Crippen LogP contribution is -2.45. The Bertz CT molecular complexity index is 996. The van der Waals surface area contributed by atoms with Crippen LogP contribution in [0, 0.1) is 5.82 Å². The van der Waals surface area contributed by atoms with Gasteiger partial charge in [0.05, 0.1) is 22.9 Å². The van der Waals surface area contributed by atoms with Gasteiger partial charge >= 0.3 is 6.18 Å². The Hall–Kier alpha value is -2.45. The Morgan fingerprint density at radius 1 is 1.18 bits per heavy atom. The average Bonchev–Trinajstić information content (AvgIpc) is 3.01. The summed E-state index contributed by atoms with van der Waals surface area (Å²) in [5.74, 6) is -0.863. The highest BCUT2D eigenvalue weighted by atomic mass is 19.4. The van der Waals surface area contributed by atoms with Gasteiger partial charge in [-0.15, -0.1) is 0 Å². The van der Waals surface area contributed by atoms with E-state index in [1.807, 2.05) is 28.6 Å². The number of fused-ring (bicyclic) bond motifs is 1. The Morgan fingerprint density at radius 3 is 2.79 bits per heavy atom. The highest BCUT2D eigenvalue weighted by Gasteiger charge is 2.31. The lowest BCUT2D eigenvalue weighted by Gasteiger charge is -2.34. The lowest BCUT2D eigenvalue weighted by atomic mass is 10.0. The maximum atomic E-state index is 13.7. The molecule has 4 rings (SSSR count). The summed E-state index contributed by atoms with van der Waals surface area (Å²) < 4.78 is 54.5. The van der Waals surface area contributed by atoms with Gasteiger partial charge in [0.2, 0.25) is 0 Å². The highest BCUT2D eigenvalue weighted by Crippen LogP contribution is 2.31. The molecule has 148 valence electrons. The molecule has 0 bridgehead atoms. The van der Waals surface area contributed by atoms with Crippen molar-refractivity contribution >= 4 is 11.0 Å². The molecule has 2 aromatic carbocycles. The van der Waals surface area contributed by atoms with E-state index in [1.165, 1.54) is 6.07 Å². The van der Waals surface area contributed by atoms with Gasteiger partial charge in [-0.3, -0.25) is 4.90 Å². The molecule has 28 heavy (non-hydrogen) atoms. The van der Waals surface area contributed by atoms with Gasteiger partial charge in [-0.1, -0.05) is 6.07 Å². The minimum atomic E-state index is -4.55. The summed E-state index contributed by atoms with van der Waals surface area (Å²) in [6.45, 7) is 2.28. The third-order valence-corrected chi connectivity index (χ3v) is 5.10. The normalized spacial score (nSPS) is 18.7. The molecule has 0 aliphatic carbocycles. The third-order valence-electron chi connectivity index (χ3n) is 5.10. The molecule has 1 saturated heterocycles. The molecule has 3 aromatic rings. The van der Waals surface area contributed by atoms with Gasteiger partial charge in [0.1, 0.15) is 5.82 Å². The van der Waals surface area contributed by atoms with E-state index in [2.05, 4.69) is 16.4 Å². The summed E-state index contributed by atoms with van der Waals surface area (Å²) in [6, 6.07) is 8.84. The number of aryl methyl sites for hydroxylation is 1. The quantitative estimate of drug-likeness (QED) is 0.687. The Kier molecular flexibility index (Phi) is 4.84. The monoisotopic (exact) mass is 392 g/mol. The Morgan fingerprint density at radius 2 is 2.00 bits per heavy atom. The fourth-order valence-corrected chi connectivity index (χ4v) is 3.70. The molecule has 4 nitrogen and oxygen atoms in total. The molecule has 8 heteroatoms. The van der Waals surface area contributed by atoms with Crippen molar-refractivity contribution in [2.24, 2.45) is 7.05 Å². The number of aromatic nitrogens is 2. The molecule has 0 amide bonds. The first-order valence-corrected chi connectivity index (χ1v) is 9.03. The standard InChI is InChI=1S/C20H20F4N4/c1-27-12-26-17-3-2-14(8-19(17)27)18-11-28(5-4-25-18)10-13-6-15(20(22,23)24)9-16(21)7-13/h2-3,6-9,12,18,25H,4-5,10-11H2,1H3. The van der Waals surface area contributed by atoms with Crippen LogP contribution >= 0.6 is 0 Å². The van der Waals surface area contributed by atoms with Crippen LogP contribution in [0.5, 0.6) is 0 Å². The minimum Gasteiger partial charge on any atom is -0.334 e. The first-order valence-electron chi connectivity index (χ1n) is 9.03. The number of hydrogen-bond acceptors (Lipinski definition) is 3. The van der Waals surface area contributed by atoms with Crippen LogP contribution in [0.1, 0.15) is 22.7 Å². The van der Waals surface area contributed by atoms with E-state index in [0.717, 1.165) is 22.7 Å². The first-order chi connectivity index (χ1) is 13.3. The maximum absolute atomic E-state index is 13.7. The van der Waals surface area contributed by atoms with E-state index < -0.39 is 17.6 Å². The Balaban J connectivity index is 1.52. The summed E-state index contributed by atoms with van der Waals surface area (Å²) in [5, 5.41) is 3.45. The second-order valence-corrected chi connectivity index (χ2v) is 7.19. The van der Waals surface area contributed by atoms with Crippen LogP contribution in [-0.2, 0) is 19.8 Å². The van der Waals surface area contributed by atoms with Gasteiger partial charge in [-0.2, -0.15) is 13.2 Å². The summed E-state index contributed by atoms with van der Waals surface area (Å²) in [5.41, 5.74) is 2.41. The van der Waals surface area contributed by atoms with Crippen molar-refractivity contribution in [2.45, 2.75) is 18.8 Å². The van der Waals surface area contributed by atoms with E-state index in [9.17, 15) is 17.6 Å². The van der Waals surface area contributed by atoms with Crippen molar-refractivity contribution < 1.29 is 17.6 Å². The second kappa shape index (κ2) is 7.18. The molecule has 1 unspecified atom stereocenters. The molecule has 1 N–H and O–H groups in total. The van der Waals surface area contributed by atoms with Gasteiger partial charge in [-0.25, -0.2) is 9.37 Å². The molecule has 1 fully saturated rings. The zero-order valence-corrected chi connectivity index (χ0v) is 15.3. The number of nitrogens with zero attached hydrogens (tertiary/aromatic N) is 3. The average molecular weight is 392 g/mol. The molecular formula is C20H20F4N4. The molecular weight excluding hydrogens is 372 g/mol. The van der Waals surface area contributed by atoms with Crippen molar-refractivity contribution in [3.05, 3.63) is 65.2 Å². The zero-order valence-electron chi connectivity index (χ0n) is 15.3. The molecule has 1 atom stereocenters. The highest BCUT2D eigenvalue weighted by molar-refractivity contribution is 5.76. The summed E-state index contributed by atoms with van der Waals surface area (Å²) in [7, 11) is 1.93. The van der Waals surface area contributed by atoms with Crippen molar-refractivity contribution in [2.75, 3.05) is 19.6 Å². The summed E-state index contributed by atoms with van der Waals surface area (Å²) >= 11 is 0. The molecule has 0 spiro atoms. The van der Waals surface area contributed by atoms with E-state index >= 15 is 0 Å². The Labute approximate surface area is 159 Å². The smallest absolute Gasteiger partial charge is 0.334 e. The van der Waals surface area contributed by atoms with Crippen LogP contribution in [0.25, 0.3) is 11.0 Å². The molecule has 1 aromatic heterocycles. The van der Waals surface area contributed by atoms with Crippen LogP contribution in [0.3, 0.4) is 0 Å². The number of imidazole rings is 1. The van der Waals surface area contributed by atoms with Crippen molar-refractivity contribution in [3.63, 3.8) is 0 Å². The van der Waals surface area contributed by atoms with Gasteiger partial charge in [0, 0.05) is 39.3 Å². The molecule has 1 aliphatic heterocycles. The predicted molar refractivity (Wildman–Crippen MR) is 98.1 cm³/mol. The van der Waals surface area contributed by atoms with Crippen molar-refractivity contribution in [3.8, 4) is 0 Å². The van der Waals surface area contributed by atoms with E-state index in [4.69, 9.17) is 0 Å². The largest absolute Gasteiger partial charge is 0.416 e. The topological polar surface area (TPSA) is 33.1 Å². The number of halogens is 4. The SMILES string of the molecule is Cn1cnc2ccc(C3CN(Cc4cc(F)cc(C(F)(F)F)c4)CCN3)cc21. The van der Waals surface area contributed by atoms with Crippen LogP contribution in [0.2, 0.25) is 0 Å². The number of piperazine rings is 1. The van der Waals surface area contributed by atoms with Crippen molar-refractivity contribution in [1.29, 1.82) is 0 Å². The van der Waals surface area contributed by atoms with Gasteiger partial charge in [0.25, 0.3) is 0 Å². The number of benzene rings is 2. The summed E-state index contributed by atoms with van der Waals surface area (Å²) in [6.07, 6.45) is -2.79. The number of nitrogens with one attached hydrogen (secondary N) is 1. The van der Waals surface area contributed by atoms with Crippen molar-refractivity contribution in [1.82, 2.24) is 19.8 Å². The van der Waals surface area contributed by atoms with E-state index in [-0.39, 0.29) is 12.6 Å². The van der Waals surface area contributed by atoms with Gasteiger partial charge in [0.15, 0.2) is 0 Å². The zero-order chi connectivity index (χ0) is 19.9. The van der Waals surface area contributed by atoms with E-state index in [0.29, 0.717) is 31.3 Å². The van der Waals surface area contributed by atoms with Crippen LogP contribution in [0.15, 0.2) is 42.7 Å². The molecule has 1 aliphatic rings. The van der Waals surface area contributed by atoms with Crippen LogP contribution in [-0.4, -0.2) is 34.1 Å². The van der Waals surface area contributed by atoms with Gasteiger partial charge < -0.3 is 9.88 Å². The van der Waals surface area contributed by atoms with Gasteiger partial charge in [-0.05, 0) is 41.5 Å².